The lowest BCUT2D eigenvalue weighted by Crippen LogP contribution is -2.42. The fraction of sp³-hybridized carbons (Fsp3) is 0.933. The Bertz CT molecular complexity index is 247. The van der Waals surface area contributed by atoms with Gasteiger partial charge in [0.25, 0.3) is 0 Å². The summed E-state index contributed by atoms with van der Waals surface area (Å²) in [6, 6.07) is 0.515. The first-order valence-corrected chi connectivity index (χ1v) is 7.59. The molecule has 1 aliphatic rings. The van der Waals surface area contributed by atoms with Crippen molar-refractivity contribution in [1.29, 1.82) is 0 Å². The highest BCUT2D eigenvalue weighted by atomic mass is 16.2. The summed E-state index contributed by atoms with van der Waals surface area (Å²) in [5.41, 5.74) is 5.92. The molecule has 0 aromatic heterocycles. The number of rotatable bonds is 7. The molecule has 1 saturated carbocycles. The van der Waals surface area contributed by atoms with Gasteiger partial charge in [0.1, 0.15) is 0 Å². The van der Waals surface area contributed by atoms with Crippen molar-refractivity contribution in [2.45, 2.75) is 77.8 Å². The van der Waals surface area contributed by atoms with Gasteiger partial charge in [-0.05, 0) is 31.6 Å². The van der Waals surface area contributed by atoms with Crippen LogP contribution in [-0.4, -0.2) is 29.4 Å². The summed E-state index contributed by atoms with van der Waals surface area (Å²) in [6.07, 6.45) is 7.42. The van der Waals surface area contributed by atoms with E-state index in [1.165, 1.54) is 25.7 Å². The van der Waals surface area contributed by atoms with Crippen molar-refractivity contribution in [1.82, 2.24) is 4.90 Å². The molecule has 3 nitrogen and oxygen atoms in total. The molecule has 1 atom stereocenters. The Labute approximate surface area is 112 Å². The molecule has 0 radical (unpaired) electrons. The van der Waals surface area contributed by atoms with Crippen molar-refractivity contribution < 1.29 is 4.79 Å². The van der Waals surface area contributed by atoms with E-state index in [0.29, 0.717) is 18.4 Å². The molecular formula is C15H30N2O. The number of hydrogen-bond donors (Lipinski definition) is 1. The molecular weight excluding hydrogens is 224 g/mol. The Hall–Kier alpha value is -0.570. The van der Waals surface area contributed by atoms with Gasteiger partial charge in [0.15, 0.2) is 0 Å². The highest BCUT2D eigenvalue weighted by Gasteiger charge is 2.26. The SMILES string of the molecule is CCC(N)CC(=O)N(CCC(C)C)C1CCCC1. The van der Waals surface area contributed by atoms with E-state index in [0.717, 1.165) is 19.4 Å². The van der Waals surface area contributed by atoms with Crippen molar-refractivity contribution in [2.24, 2.45) is 11.7 Å². The van der Waals surface area contributed by atoms with E-state index >= 15 is 0 Å². The summed E-state index contributed by atoms with van der Waals surface area (Å²) >= 11 is 0. The van der Waals surface area contributed by atoms with Gasteiger partial charge in [-0.1, -0.05) is 33.6 Å². The Kier molecular flexibility index (Phi) is 6.69. The number of carbonyl (C=O) groups excluding carboxylic acids is 1. The predicted molar refractivity (Wildman–Crippen MR) is 76.3 cm³/mol. The standard InChI is InChI=1S/C15H30N2O/c1-4-13(16)11-15(18)17(10-9-12(2)3)14-7-5-6-8-14/h12-14H,4-11,16H2,1-3H3. The fourth-order valence-electron chi connectivity index (χ4n) is 2.61. The molecule has 1 unspecified atom stereocenters. The summed E-state index contributed by atoms with van der Waals surface area (Å²) in [7, 11) is 0. The zero-order valence-electron chi connectivity index (χ0n) is 12.3. The Morgan fingerprint density at radius 2 is 1.94 bits per heavy atom. The van der Waals surface area contributed by atoms with Gasteiger partial charge < -0.3 is 10.6 Å². The largest absolute Gasteiger partial charge is 0.340 e. The van der Waals surface area contributed by atoms with Gasteiger partial charge >= 0.3 is 0 Å². The predicted octanol–water partition coefficient (Wildman–Crippen LogP) is 2.93. The zero-order chi connectivity index (χ0) is 13.5. The second-order valence-electron chi connectivity index (χ2n) is 6.08. The first-order valence-electron chi connectivity index (χ1n) is 7.59. The van der Waals surface area contributed by atoms with Gasteiger partial charge in [0.05, 0.1) is 0 Å². The smallest absolute Gasteiger partial charge is 0.224 e. The van der Waals surface area contributed by atoms with Crippen LogP contribution >= 0.6 is 0 Å². The summed E-state index contributed by atoms with van der Waals surface area (Å²) in [5, 5.41) is 0. The molecule has 18 heavy (non-hydrogen) atoms. The maximum Gasteiger partial charge on any atom is 0.224 e. The maximum absolute atomic E-state index is 12.4. The minimum Gasteiger partial charge on any atom is -0.340 e. The third-order valence-electron chi connectivity index (χ3n) is 3.99. The minimum absolute atomic E-state index is 0.0282. The van der Waals surface area contributed by atoms with Crippen molar-refractivity contribution in [2.75, 3.05) is 6.54 Å². The molecule has 106 valence electrons. The van der Waals surface area contributed by atoms with Crippen LogP contribution in [-0.2, 0) is 4.79 Å². The monoisotopic (exact) mass is 254 g/mol. The Morgan fingerprint density at radius 3 is 2.44 bits per heavy atom. The van der Waals surface area contributed by atoms with Crippen molar-refractivity contribution in [3.63, 3.8) is 0 Å². The molecule has 1 amide bonds. The molecule has 0 aliphatic heterocycles. The fourth-order valence-corrected chi connectivity index (χ4v) is 2.61. The van der Waals surface area contributed by atoms with E-state index in [2.05, 4.69) is 18.7 Å². The first-order chi connectivity index (χ1) is 8.54. The number of hydrogen-bond acceptors (Lipinski definition) is 2. The number of carbonyl (C=O) groups is 1. The lowest BCUT2D eigenvalue weighted by Gasteiger charge is -2.30. The third-order valence-corrected chi connectivity index (χ3v) is 3.99. The molecule has 0 heterocycles. The van der Waals surface area contributed by atoms with Gasteiger partial charge in [-0.15, -0.1) is 0 Å². The average molecular weight is 254 g/mol. The van der Waals surface area contributed by atoms with Crippen molar-refractivity contribution >= 4 is 5.91 Å². The molecule has 1 rings (SSSR count). The second-order valence-corrected chi connectivity index (χ2v) is 6.08. The van der Waals surface area contributed by atoms with Crippen LogP contribution in [0.3, 0.4) is 0 Å². The van der Waals surface area contributed by atoms with E-state index in [1.54, 1.807) is 0 Å². The van der Waals surface area contributed by atoms with Crippen LogP contribution in [0, 0.1) is 5.92 Å². The van der Waals surface area contributed by atoms with Gasteiger partial charge in [-0.3, -0.25) is 4.79 Å². The third kappa shape index (κ3) is 4.97. The number of nitrogens with zero attached hydrogens (tertiary/aromatic N) is 1. The van der Waals surface area contributed by atoms with Crippen LogP contribution in [0.5, 0.6) is 0 Å². The molecule has 0 aromatic rings. The van der Waals surface area contributed by atoms with E-state index in [9.17, 15) is 4.79 Å². The highest BCUT2D eigenvalue weighted by Crippen LogP contribution is 2.25. The Balaban J connectivity index is 2.54. The summed E-state index contributed by atoms with van der Waals surface area (Å²) in [5.74, 6) is 0.929. The van der Waals surface area contributed by atoms with Crippen LogP contribution in [0.1, 0.15) is 65.7 Å². The Morgan fingerprint density at radius 1 is 1.33 bits per heavy atom. The van der Waals surface area contributed by atoms with E-state index in [1.807, 2.05) is 6.92 Å². The molecule has 2 N–H and O–H groups in total. The molecule has 3 heteroatoms. The van der Waals surface area contributed by atoms with Gasteiger partial charge in [-0.25, -0.2) is 0 Å². The number of amides is 1. The van der Waals surface area contributed by atoms with E-state index in [-0.39, 0.29) is 11.9 Å². The van der Waals surface area contributed by atoms with Crippen LogP contribution < -0.4 is 5.73 Å². The average Bonchev–Trinajstić information content (AvgIpc) is 2.82. The molecule has 0 aromatic carbocycles. The minimum atomic E-state index is 0.0282. The van der Waals surface area contributed by atoms with Gasteiger partial charge in [0.2, 0.25) is 5.91 Å². The topological polar surface area (TPSA) is 46.3 Å². The quantitative estimate of drug-likeness (QED) is 0.759. The van der Waals surface area contributed by atoms with E-state index in [4.69, 9.17) is 5.73 Å². The zero-order valence-corrected chi connectivity index (χ0v) is 12.3. The first kappa shape index (κ1) is 15.5. The van der Waals surface area contributed by atoms with Crippen LogP contribution in [0.25, 0.3) is 0 Å². The summed E-state index contributed by atoms with van der Waals surface area (Å²) < 4.78 is 0. The molecule has 0 spiro atoms. The molecule has 0 saturated heterocycles. The van der Waals surface area contributed by atoms with Gasteiger partial charge in [-0.2, -0.15) is 0 Å². The highest BCUT2D eigenvalue weighted by molar-refractivity contribution is 5.77. The lowest BCUT2D eigenvalue weighted by atomic mass is 10.1. The van der Waals surface area contributed by atoms with Gasteiger partial charge in [0, 0.05) is 25.0 Å². The van der Waals surface area contributed by atoms with E-state index < -0.39 is 0 Å². The van der Waals surface area contributed by atoms with Crippen molar-refractivity contribution in [3.05, 3.63) is 0 Å². The van der Waals surface area contributed by atoms with Crippen LogP contribution in [0.4, 0.5) is 0 Å². The molecule has 1 fully saturated rings. The summed E-state index contributed by atoms with van der Waals surface area (Å²) in [4.78, 5) is 14.5. The lowest BCUT2D eigenvalue weighted by molar-refractivity contribution is -0.134. The normalized spacial score (nSPS) is 18.3. The maximum atomic E-state index is 12.4. The molecule has 0 bridgehead atoms. The number of nitrogens with two attached hydrogens (primary N) is 1. The summed E-state index contributed by atoms with van der Waals surface area (Å²) in [6.45, 7) is 7.40. The van der Waals surface area contributed by atoms with Crippen LogP contribution in [0.2, 0.25) is 0 Å². The van der Waals surface area contributed by atoms with Crippen LogP contribution in [0.15, 0.2) is 0 Å². The molecule has 1 aliphatic carbocycles. The van der Waals surface area contributed by atoms with Crippen molar-refractivity contribution in [3.8, 4) is 0 Å². The second kappa shape index (κ2) is 7.78.